The summed E-state index contributed by atoms with van der Waals surface area (Å²) in [7, 11) is 1.36. The summed E-state index contributed by atoms with van der Waals surface area (Å²) in [5, 5.41) is 30.7. The van der Waals surface area contributed by atoms with Crippen molar-refractivity contribution in [3.63, 3.8) is 0 Å². The molecule has 3 N–H and O–H groups in total. The zero-order valence-electron chi connectivity index (χ0n) is 18.9. The maximum absolute atomic E-state index is 13.2. The molecule has 0 radical (unpaired) electrons. The summed E-state index contributed by atoms with van der Waals surface area (Å²) >= 11 is 0. The van der Waals surface area contributed by atoms with Gasteiger partial charge in [0.25, 0.3) is 0 Å². The number of aromatic hydroxyl groups is 3. The van der Waals surface area contributed by atoms with Gasteiger partial charge in [-0.25, -0.2) is 0 Å². The van der Waals surface area contributed by atoms with Crippen LogP contribution in [0.15, 0.2) is 45.6 Å². The maximum Gasteiger partial charge on any atom is 0.239 e. The van der Waals surface area contributed by atoms with E-state index in [1.807, 2.05) is 6.92 Å². The van der Waals surface area contributed by atoms with Crippen LogP contribution in [0.4, 0.5) is 0 Å². The molecule has 7 nitrogen and oxygen atoms in total. The van der Waals surface area contributed by atoms with Gasteiger partial charge >= 0.3 is 0 Å². The van der Waals surface area contributed by atoms with Crippen molar-refractivity contribution in [2.45, 2.75) is 39.2 Å². The summed E-state index contributed by atoms with van der Waals surface area (Å²) in [5.74, 6) is -0.109. The second kappa shape index (κ2) is 6.94. The van der Waals surface area contributed by atoms with E-state index in [9.17, 15) is 20.1 Å². The van der Waals surface area contributed by atoms with E-state index in [1.165, 1.54) is 19.2 Å². The molecule has 0 spiro atoms. The fraction of sp³-hybridized carbons (Fsp3) is 0.346. The molecule has 0 saturated heterocycles. The van der Waals surface area contributed by atoms with Gasteiger partial charge in [-0.3, -0.25) is 4.79 Å². The van der Waals surface area contributed by atoms with Crippen LogP contribution in [0.1, 0.15) is 32.8 Å². The predicted octanol–water partition coefficient (Wildman–Crippen LogP) is 4.88. The van der Waals surface area contributed by atoms with Gasteiger partial charge in [-0.2, -0.15) is 0 Å². The van der Waals surface area contributed by atoms with Crippen LogP contribution in [0.5, 0.6) is 28.7 Å². The number of methoxy groups -OCH3 is 1. The van der Waals surface area contributed by atoms with Crippen LogP contribution in [-0.2, 0) is 6.42 Å². The number of phenols is 3. The van der Waals surface area contributed by atoms with Crippen LogP contribution in [0, 0.1) is 11.3 Å². The van der Waals surface area contributed by atoms with Crippen molar-refractivity contribution in [1.29, 1.82) is 0 Å². The van der Waals surface area contributed by atoms with Gasteiger partial charge in [-0.05, 0) is 43.4 Å². The minimum atomic E-state index is -0.587. The summed E-state index contributed by atoms with van der Waals surface area (Å²) < 4.78 is 17.9. The molecule has 2 unspecified atom stereocenters. The molecule has 0 fully saturated rings. The third-order valence-corrected chi connectivity index (χ3v) is 7.06. The Morgan fingerprint density at radius 1 is 1.09 bits per heavy atom. The molecular weight excluding hydrogens is 424 g/mol. The Hall–Kier alpha value is -3.61. The predicted molar refractivity (Wildman–Crippen MR) is 123 cm³/mol. The summed E-state index contributed by atoms with van der Waals surface area (Å²) in [6.07, 6.45) is 5.66. The normalized spacial score (nSPS) is 23.0. The fourth-order valence-corrected chi connectivity index (χ4v) is 5.41. The van der Waals surface area contributed by atoms with Crippen molar-refractivity contribution in [3.05, 3.63) is 52.2 Å². The molecule has 7 heteroatoms. The van der Waals surface area contributed by atoms with E-state index in [0.717, 1.165) is 12.5 Å². The highest BCUT2D eigenvalue weighted by atomic mass is 16.5. The van der Waals surface area contributed by atoms with Gasteiger partial charge in [0, 0.05) is 29.2 Å². The first kappa shape index (κ1) is 21.2. The van der Waals surface area contributed by atoms with E-state index < -0.39 is 16.8 Å². The summed E-state index contributed by atoms with van der Waals surface area (Å²) in [4.78, 5) is 13.2. The van der Waals surface area contributed by atoms with Gasteiger partial charge in [0.2, 0.25) is 11.2 Å². The van der Waals surface area contributed by atoms with E-state index in [0.29, 0.717) is 23.3 Å². The average molecular weight is 450 g/mol. The van der Waals surface area contributed by atoms with Crippen molar-refractivity contribution in [2.24, 2.45) is 11.3 Å². The largest absolute Gasteiger partial charge is 0.508 e. The quantitative estimate of drug-likeness (QED) is 0.477. The standard InChI is InChI=1S/C26H26O7/c1-25(2)8-5-9-26(3)19(25)12-15-14(6-7-16(28)22(15)33-26)23-24(31-4)21(30)20-17(29)10-13(27)11-18(20)32-23/h5-7,9-11,19,27-29H,8,12H2,1-4H3. The minimum Gasteiger partial charge on any atom is -0.508 e. The second-order valence-electron chi connectivity index (χ2n) is 9.71. The van der Waals surface area contributed by atoms with Crippen LogP contribution in [0.3, 0.4) is 0 Å². The summed E-state index contributed by atoms with van der Waals surface area (Å²) in [6, 6.07) is 5.52. The van der Waals surface area contributed by atoms with E-state index in [2.05, 4.69) is 26.0 Å². The minimum absolute atomic E-state index is 0.00240. The Bertz CT molecular complexity index is 1380. The summed E-state index contributed by atoms with van der Waals surface area (Å²) in [6.45, 7) is 6.41. The lowest BCUT2D eigenvalue weighted by atomic mass is 9.61. The molecule has 2 aromatic carbocycles. The van der Waals surface area contributed by atoms with Gasteiger partial charge in [0.05, 0.1) is 7.11 Å². The van der Waals surface area contributed by atoms with Crippen molar-refractivity contribution >= 4 is 11.0 Å². The molecule has 5 rings (SSSR count). The molecule has 0 saturated carbocycles. The molecule has 3 aromatic rings. The number of rotatable bonds is 2. The van der Waals surface area contributed by atoms with Crippen molar-refractivity contribution in [1.82, 2.24) is 0 Å². The number of hydrogen-bond acceptors (Lipinski definition) is 7. The van der Waals surface area contributed by atoms with Gasteiger partial charge in [-0.15, -0.1) is 0 Å². The number of ether oxygens (including phenoxy) is 2. The van der Waals surface area contributed by atoms with Crippen LogP contribution >= 0.6 is 0 Å². The molecule has 0 amide bonds. The smallest absolute Gasteiger partial charge is 0.239 e. The van der Waals surface area contributed by atoms with Gasteiger partial charge in [0.1, 0.15) is 28.1 Å². The van der Waals surface area contributed by atoms with Crippen LogP contribution in [0.25, 0.3) is 22.3 Å². The first-order chi connectivity index (χ1) is 15.6. The number of fused-ring (bicyclic) bond motifs is 3. The number of benzene rings is 2. The van der Waals surface area contributed by atoms with Crippen molar-refractivity contribution in [3.8, 4) is 40.1 Å². The first-order valence-electron chi connectivity index (χ1n) is 10.8. The Morgan fingerprint density at radius 2 is 1.85 bits per heavy atom. The molecule has 2 aliphatic rings. The Kier molecular flexibility index (Phi) is 4.47. The third-order valence-electron chi connectivity index (χ3n) is 7.06. The average Bonchev–Trinajstić information content (AvgIpc) is 2.72. The lowest BCUT2D eigenvalue weighted by Gasteiger charge is -2.50. The molecule has 2 atom stereocenters. The van der Waals surface area contributed by atoms with Gasteiger partial charge in [-0.1, -0.05) is 19.9 Å². The van der Waals surface area contributed by atoms with Crippen molar-refractivity contribution in [2.75, 3.05) is 7.11 Å². The molecule has 1 aromatic heterocycles. The number of phenolic OH excluding ortho intramolecular Hbond substituents is 3. The fourth-order valence-electron chi connectivity index (χ4n) is 5.41. The molecule has 1 aliphatic carbocycles. The molecule has 1 aliphatic heterocycles. The molecule has 172 valence electrons. The highest BCUT2D eigenvalue weighted by Crippen LogP contribution is 2.54. The van der Waals surface area contributed by atoms with E-state index >= 15 is 0 Å². The van der Waals surface area contributed by atoms with Crippen LogP contribution < -0.4 is 14.9 Å². The van der Waals surface area contributed by atoms with Crippen LogP contribution in [0.2, 0.25) is 0 Å². The molecule has 33 heavy (non-hydrogen) atoms. The monoisotopic (exact) mass is 450 g/mol. The molecule has 2 heterocycles. The number of allylic oxidation sites excluding steroid dienone is 1. The highest BCUT2D eigenvalue weighted by molar-refractivity contribution is 5.89. The van der Waals surface area contributed by atoms with Crippen LogP contribution in [-0.4, -0.2) is 28.0 Å². The molecular formula is C26H26O7. The topological polar surface area (TPSA) is 109 Å². The van der Waals surface area contributed by atoms with E-state index in [-0.39, 0.29) is 45.3 Å². The first-order valence-corrected chi connectivity index (χ1v) is 10.8. The van der Waals surface area contributed by atoms with E-state index in [4.69, 9.17) is 13.9 Å². The third kappa shape index (κ3) is 3.06. The zero-order chi connectivity index (χ0) is 23.7. The lowest BCUT2D eigenvalue weighted by molar-refractivity contribution is -0.0193. The second-order valence-corrected chi connectivity index (χ2v) is 9.71. The van der Waals surface area contributed by atoms with Crippen molar-refractivity contribution < 1.29 is 29.2 Å². The molecule has 0 bridgehead atoms. The van der Waals surface area contributed by atoms with Gasteiger partial charge < -0.3 is 29.2 Å². The zero-order valence-corrected chi connectivity index (χ0v) is 18.9. The highest BCUT2D eigenvalue weighted by Gasteiger charge is 2.50. The summed E-state index contributed by atoms with van der Waals surface area (Å²) in [5.41, 5.74) is 0.0834. The lowest BCUT2D eigenvalue weighted by Crippen LogP contribution is -2.51. The maximum atomic E-state index is 13.2. The Morgan fingerprint density at radius 3 is 2.58 bits per heavy atom. The Balaban J connectivity index is 1.79. The number of hydrogen-bond donors (Lipinski definition) is 3. The van der Waals surface area contributed by atoms with Gasteiger partial charge in [0.15, 0.2) is 17.3 Å². The van der Waals surface area contributed by atoms with E-state index in [1.54, 1.807) is 6.07 Å². The SMILES string of the molecule is COc1c(-c2ccc(O)c3c2CC2C(C)(C)CC=CC2(C)O3)oc2cc(O)cc(O)c2c1=O. The Labute approximate surface area is 190 Å².